The molecule has 0 saturated carbocycles. The summed E-state index contributed by atoms with van der Waals surface area (Å²) in [6.07, 6.45) is 2.83. The zero-order valence-electron chi connectivity index (χ0n) is 9.86. The van der Waals surface area contributed by atoms with Crippen molar-refractivity contribution in [3.8, 4) is 0 Å². The van der Waals surface area contributed by atoms with Gasteiger partial charge in [-0.25, -0.2) is 0 Å². The lowest BCUT2D eigenvalue weighted by Crippen LogP contribution is -2.46. The topological polar surface area (TPSA) is 75.4 Å². The van der Waals surface area contributed by atoms with Crippen molar-refractivity contribution < 1.29 is 8.42 Å². The van der Waals surface area contributed by atoms with E-state index in [9.17, 15) is 8.42 Å². The fraction of sp³-hybridized carbons (Fsp3) is 1.00. The van der Waals surface area contributed by atoms with E-state index < -0.39 is 10.2 Å². The first-order chi connectivity index (χ1) is 6.97. The largest absolute Gasteiger partial charge is 0.329 e. The fourth-order valence-corrected chi connectivity index (χ4v) is 2.30. The molecule has 0 bridgehead atoms. The molecule has 1 atom stereocenters. The molecule has 3 N–H and O–H groups in total. The SMILES string of the molecule is CCCCC(CN)NS(=O)(=O)N(C)CC. The second-order valence-electron chi connectivity index (χ2n) is 3.61. The summed E-state index contributed by atoms with van der Waals surface area (Å²) in [6.45, 7) is 4.67. The summed E-state index contributed by atoms with van der Waals surface area (Å²) in [4.78, 5) is 0. The van der Waals surface area contributed by atoms with Gasteiger partial charge in [-0.05, 0) is 6.42 Å². The van der Waals surface area contributed by atoms with Gasteiger partial charge < -0.3 is 5.73 Å². The molecule has 0 aliphatic rings. The van der Waals surface area contributed by atoms with Crippen molar-refractivity contribution >= 4 is 10.2 Å². The van der Waals surface area contributed by atoms with Crippen LogP contribution in [0.5, 0.6) is 0 Å². The Labute approximate surface area is 93.2 Å². The van der Waals surface area contributed by atoms with Crippen LogP contribution in [0, 0.1) is 0 Å². The first kappa shape index (κ1) is 14.8. The quantitative estimate of drug-likeness (QED) is 0.637. The molecule has 0 aromatic carbocycles. The minimum atomic E-state index is -3.35. The van der Waals surface area contributed by atoms with Gasteiger partial charge in [-0.1, -0.05) is 26.7 Å². The molecule has 0 spiro atoms. The second kappa shape index (κ2) is 7.16. The summed E-state index contributed by atoms with van der Waals surface area (Å²) in [7, 11) is -1.80. The Morgan fingerprint density at radius 1 is 1.40 bits per heavy atom. The van der Waals surface area contributed by atoms with Crippen molar-refractivity contribution in [3.63, 3.8) is 0 Å². The Balaban J connectivity index is 4.27. The van der Waals surface area contributed by atoms with Gasteiger partial charge in [0.05, 0.1) is 0 Å². The molecule has 0 rings (SSSR count). The number of rotatable bonds is 8. The van der Waals surface area contributed by atoms with E-state index in [2.05, 4.69) is 11.6 Å². The maximum atomic E-state index is 11.7. The third-order valence-corrected chi connectivity index (χ3v) is 4.07. The van der Waals surface area contributed by atoms with Crippen molar-refractivity contribution in [1.29, 1.82) is 0 Å². The molecule has 6 heteroatoms. The maximum Gasteiger partial charge on any atom is 0.279 e. The van der Waals surface area contributed by atoms with Gasteiger partial charge in [0.15, 0.2) is 0 Å². The highest BCUT2D eigenvalue weighted by Gasteiger charge is 2.19. The van der Waals surface area contributed by atoms with Gasteiger partial charge >= 0.3 is 0 Å². The summed E-state index contributed by atoms with van der Waals surface area (Å²) in [5, 5.41) is 0. The highest BCUT2D eigenvalue weighted by molar-refractivity contribution is 7.87. The van der Waals surface area contributed by atoms with Gasteiger partial charge in [-0.3, -0.25) is 0 Å². The molecule has 0 aromatic heterocycles. The number of nitrogens with one attached hydrogen (secondary N) is 1. The average molecular weight is 237 g/mol. The Hall–Kier alpha value is -0.170. The van der Waals surface area contributed by atoms with Crippen LogP contribution >= 0.6 is 0 Å². The summed E-state index contributed by atoms with van der Waals surface area (Å²) < 4.78 is 27.2. The summed E-state index contributed by atoms with van der Waals surface area (Å²) in [6, 6.07) is -0.149. The fourth-order valence-electron chi connectivity index (χ4n) is 1.15. The number of hydrogen-bond donors (Lipinski definition) is 2. The number of hydrogen-bond acceptors (Lipinski definition) is 3. The molecule has 1 unspecified atom stereocenters. The van der Waals surface area contributed by atoms with Crippen LogP contribution in [0.2, 0.25) is 0 Å². The summed E-state index contributed by atoms with van der Waals surface area (Å²) in [5.41, 5.74) is 5.52. The molecule has 0 heterocycles. The molecule has 0 radical (unpaired) electrons. The van der Waals surface area contributed by atoms with E-state index in [-0.39, 0.29) is 6.04 Å². The second-order valence-corrected chi connectivity index (χ2v) is 5.42. The van der Waals surface area contributed by atoms with Gasteiger partial charge in [-0.2, -0.15) is 17.4 Å². The number of unbranched alkanes of at least 4 members (excludes halogenated alkanes) is 1. The van der Waals surface area contributed by atoms with Crippen molar-refractivity contribution in [1.82, 2.24) is 9.03 Å². The predicted molar refractivity (Wildman–Crippen MR) is 62.7 cm³/mol. The van der Waals surface area contributed by atoms with Crippen LogP contribution in [0.4, 0.5) is 0 Å². The average Bonchev–Trinajstić information content (AvgIpc) is 2.22. The third-order valence-electron chi connectivity index (χ3n) is 2.36. The number of nitrogens with two attached hydrogens (primary N) is 1. The molecule has 0 fully saturated rings. The Bertz CT molecular complexity index is 254. The molecular weight excluding hydrogens is 214 g/mol. The van der Waals surface area contributed by atoms with Crippen molar-refractivity contribution in [2.75, 3.05) is 20.1 Å². The highest BCUT2D eigenvalue weighted by atomic mass is 32.2. The van der Waals surface area contributed by atoms with Crippen LogP contribution in [0.25, 0.3) is 0 Å². The van der Waals surface area contributed by atoms with E-state index in [0.29, 0.717) is 13.1 Å². The van der Waals surface area contributed by atoms with Crippen molar-refractivity contribution in [2.45, 2.75) is 39.2 Å². The summed E-state index contributed by atoms with van der Waals surface area (Å²) in [5.74, 6) is 0. The lowest BCUT2D eigenvalue weighted by Gasteiger charge is -2.21. The monoisotopic (exact) mass is 237 g/mol. The lowest BCUT2D eigenvalue weighted by atomic mass is 10.1. The standard InChI is InChI=1S/C9H23N3O2S/c1-4-6-7-9(8-10)11-15(13,14)12(3)5-2/h9,11H,4-8,10H2,1-3H3. The molecule has 0 aromatic rings. The number of nitrogens with zero attached hydrogens (tertiary/aromatic N) is 1. The summed E-state index contributed by atoms with van der Waals surface area (Å²) >= 11 is 0. The normalized spacial score (nSPS) is 14.5. The van der Waals surface area contributed by atoms with Crippen LogP contribution in [0.3, 0.4) is 0 Å². The van der Waals surface area contributed by atoms with E-state index in [1.54, 1.807) is 14.0 Å². The zero-order chi connectivity index (χ0) is 11.9. The van der Waals surface area contributed by atoms with E-state index in [0.717, 1.165) is 19.3 Å². The third kappa shape index (κ3) is 5.46. The Morgan fingerprint density at radius 2 is 2.00 bits per heavy atom. The first-order valence-corrected chi connectivity index (χ1v) is 6.85. The van der Waals surface area contributed by atoms with E-state index in [4.69, 9.17) is 5.73 Å². The van der Waals surface area contributed by atoms with Gasteiger partial charge in [0.25, 0.3) is 10.2 Å². The van der Waals surface area contributed by atoms with Gasteiger partial charge in [0.1, 0.15) is 0 Å². The van der Waals surface area contributed by atoms with Crippen molar-refractivity contribution in [2.24, 2.45) is 5.73 Å². The van der Waals surface area contributed by atoms with Crippen LogP contribution in [-0.2, 0) is 10.2 Å². The maximum absolute atomic E-state index is 11.7. The molecule has 0 aliphatic carbocycles. The Morgan fingerprint density at radius 3 is 2.40 bits per heavy atom. The predicted octanol–water partition coefficient (Wildman–Crippen LogP) is 0.290. The first-order valence-electron chi connectivity index (χ1n) is 5.41. The van der Waals surface area contributed by atoms with Gasteiger partial charge in [0.2, 0.25) is 0 Å². The molecule has 0 aliphatic heterocycles. The van der Waals surface area contributed by atoms with Gasteiger partial charge in [-0.15, -0.1) is 0 Å². The van der Waals surface area contributed by atoms with Crippen LogP contribution in [-0.4, -0.2) is 38.9 Å². The van der Waals surface area contributed by atoms with Crippen molar-refractivity contribution in [3.05, 3.63) is 0 Å². The molecule has 92 valence electrons. The van der Waals surface area contributed by atoms with Gasteiger partial charge in [0, 0.05) is 26.2 Å². The van der Waals surface area contributed by atoms with E-state index in [1.807, 2.05) is 0 Å². The minimum Gasteiger partial charge on any atom is -0.329 e. The smallest absolute Gasteiger partial charge is 0.279 e. The lowest BCUT2D eigenvalue weighted by molar-refractivity contribution is 0.449. The molecule has 15 heavy (non-hydrogen) atoms. The van der Waals surface area contributed by atoms with E-state index in [1.165, 1.54) is 4.31 Å². The molecule has 5 nitrogen and oxygen atoms in total. The minimum absolute atomic E-state index is 0.149. The molecular formula is C9H23N3O2S. The Kier molecular flexibility index (Phi) is 7.08. The molecule has 0 amide bonds. The van der Waals surface area contributed by atoms with E-state index >= 15 is 0 Å². The zero-order valence-corrected chi connectivity index (χ0v) is 10.7. The highest BCUT2D eigenvalue weighted by Crippen LogP contribution is 2.02. The van der Waals surface area contributed by atoms with Crippen LogP contribution in [0.15, 0.2) is 0 Å². The van der Waals surface area contributed by atoms with Crippen LogP contribution < -0.4 is 10.5 Å². The molecule has 0 saturated heterocycles. The van der Waals surface area contributed by atoms with Crippen LogP contribution in [0.1, 0.15) is 33.1 Å².